The van der Waals surface area contributed by atoms with Crippen LogP contribution in [-0.4, -0.2) is 48.1 Å². The smallest absolute Gasteiger partial charge is 0.0254 e. The first-order valence-corrected chi connectivity index (χ1v) is 7.38. The largest absolute Gasteiger partial charge is 0.299 e. The summed E-state index contributed by atoms with van der Waals surface area (Å²) in [7, 11) is 0. The third kappa shape index (κ3) is 1.46. The number of rotatable bonds is 1. The molecule has 0 aromatic rings. The normalized spacial score (nSPS) is 55.5. The fourth-order valence-corrected chi connectivity index (χ4v) is 4.82. The zero-order valence-corrected chi connectivity index (χ0v) is 10.3. The number of hydrogen-bond donors (Lipinski definition) is 0. The van der Waals surface area contributed by atoms with Crippen molar-refractivity contribution in [3.05, 3.63) is 0 Å². The van der Waals surface area contributed by atoms with Gasteiger partial charge >= 0.3 is 0 Å². The van der Waals surface area contributed by atoms with Gasteiger partial charge in [0.05, 0.1) is 0 Å². The van der Waals surface area contributed by atoms with Crippen molar-refractivity contribution in [2.24, 2.45) is 11.8 Å². The molecule has 0 N–H and O–H groups in total. The van der Waals surface area contributed by atoms with E-state index < -0.39 is 0 Å². The van der Waals surface area contributed by atoms with Crippen LogP contribution in [0.1, 0.15) is 38.5 Å². The summed E-state index contributed by atoms with van der Waals surface area (Å²) in [4.78, 5) is 5.65. The van der Waals surface area contributed by atoms with Gasteiger partial charge in [-0.05, 0) is 76.5 Å². The zero-order chi connectivity index (χ0) is 10.5. The molecule has 4 bridgehead atoms. The molecule has 0 saturated carbocycles. The van der Waals surface area contributed by atoms with Gasteiger partial charge in [0, 0.05) is 12.1 Å². The number of piperidine rings is 6. The van der Waals surface area contributed by atoms with Crippen LogP contribution in [0, 0.1) is 11.8 Å². The maximum absolute atomic E-state index is 2.82. The number of hydrogen-bond acceptors (Lipinski definition) is 2. The van der Waals surface area contributed by atoms with Crippen LogP contribution in [-0.2, 0) is 0 Å². The maximum Gasteiger partial charge on any atom is 0.0254 e. The van der Waals surface area contributed by atoms with Crippen molar-refractivity contribution in [2.75, 3.05) is 26.2 Å². The molecule has 0 aliphatic carbocycles. The van der Waals surface area contributed by atoms with E-state index in [4.69, 9.17) is 0 Å². The van der Waals surface area contributed by atoms with E-state index >= 15 is 0 Å². The number of fused-ring (bicyclic) bond motifs is 7. The van der Waals surface area contributed by atoms with Crippen LogP contribution < -0.4 is 0 Å². The lowest BCUT2D eigenvalue weighted by molar-refractivity contribution is -0.0499. The molecule has 0 radical (unpaired) electrons. The van der Waals surface area contributed by atoms with E-state index in [0.717, 1.165) is 23.9 Å². The van der Waals surface area contributed by atoms with Gasteiger partial charge < -0.3 is 0 Å². The molecular formula is C14H24N2. The minimum absolute atomic E-state index is 0.940. The maximum atomic E-state index is 2.82. The molecule has 6 aliphatic heterocycles. The topological polar surface area (TPSA) is 6.48 Å². The Hall–Kier alpha value is -0.0800. The van der Waals surface area contributed by atoms with E-state index in [-0.39, 0.29) is 0 Å². The van der Waals surface area contributed by atoms with Crippen molar-refractivity contribution >= 4 is 0 Å². The second-order valence-corrected chi connectivity index (χ2v) is 6.56. The van der Waals surface area contributed by atoms with Gasteiger partial charge in [0.25, 0.3) is 0 Å². The first kappa shape index (κ1) is 9.90. The SMILES string of the molecule is C1CN2CCC1CC2C1CC2CCN1CC2. The van der Waals surface area contributed by atoms with Crippen LogP contribution in [0.15, 0.2) is 0 Å². The summed E-state index contributed by atoms with van der Waals surface area (Å²) in [6.07, 6.45) is 9.01. The molecule has 6 saturated heterocycles. The monoisotopic (exact) mass is 220 g/mol. The lowest BCUT2D eigenvalue weighted by Crippen LogP contribution is -2.62. The molecule has 0 aromatic heterocycles. The zero-order valence-electron chi connectivity index (χ0n) is 10.3. The van der Waals surface area contributed by atoms with Gasteiger partial charge in [0.15, 0.2) is 0 Å². The molecular weight excluding hydrogens is 196 g/mol. The average molecular weight is 220 g/mol. The van der Waals surface area contributed by atoms with Crippen molar-refractivity contribution in [1.82, 2.24) is 9.80 Å². The van der Waals surface area contributed by atoms with Crippen LogP contribution in [0.2, 0.25) is 0 Å². The van der Waals surface area contributed by atoms with Crippen molar-refractivity contribution < 1.29 is 0 Å². The standard InChI is InChI=1S/C14H24N2/c1-5-15-6-2-11(1)9-13(15)14-10-12-3-7-16(14)8-4-12/h11-14H,1-10H2. The molecule has 90 valence electrons. The Labute approximate surface area is 99.0 Å². The molecule has 2 nitrogen and oxygen atoms in total. The van der Waals surface area contributed by atoms with Crippen molar-refractivity contribution in [3.8, 4) is 0 Å². The van der Waals surface area contributed by atoms with Crippen LogP contribution in [0.25, 0.3) is 0 Å². The molecule has 2 heteroatoms. The van der Waals surface area contributed by atoms with Crippen molar-refractivity contribution in [3.63, 3.8) is 0 Å². The van der Waals surface area contributed by atoms with Crippen LogP contribution in [0.5, 0.6) is 0 Å². The Kier molecular flexibility index (Phi) is 2.29. The predicted molar refractivity (Wildman–Crippen MR) is 65.4 cm³/mol. The van der Waals surface area contributed by atoms with Crippen molar-refractivity contribution in [1.29, 1.82) is 0 Å². The lowest BCUT2D eigenvalue weighted by Gasteiger charge is -2.55. The van der Waals surface area contributed by atoms with E-state index in [2.05, 4.69) is 9.80 Å². The molecule has 2 unspecified atom stereocenters. The Bertz CT molecular complexity index is 234. The molecule has 16 heavy (non-hydrogen) atoms. The van der Waals surface area contributed by atoms with Gasteiger partial charge in [-0.25, -0.2) is 0 Å². The molecule has 0 amide bonds. The van der Waals surface area contributed by atoms with E-state index in [1.165, 1.54) is 64.7 Å². The number of nitrogens with zero attached hydrogens (tertiary/aromatic N) is 2. The summed E-state index contributed by atoms with van der Waals surface area (Å²) in [5, 5.41) is 0. The highest BCUT2D eigenvalue weighted by Crippen LogP contribution is 2.40. The fourth-order valence-electron chi connectivity index (χ4n) is 4.82. The van der Waals surface area contributed by atoms with Crippen LogP contribution >= 0.6 is 0 Å². The van der Waals surface area contributed by atoms with Gasteiger partial charge in [-0.3, -0.25) is 9.80 Å². The Balaban J connectivity index is 1.53. The van der Waals surface area contributed by atoms with Gasteiger partial charge in [-0.1, -0.05) is 0 Å². The average Bonchev–Trinajstić information content (AvgIpc) is 2.41. The highest BCUT2D eigenvalue weighted by atomic mass is 15.3. The Morgan fingerprint density at radius 1 is 0.562 bits per heavy atom. The highest BCUT2D eigenvalue weighted by Gasteiger charge is 2.44. The third-order valence-electron chi connectivity index (χ3n) is 5.83. The van der Waals surface area contributed by atoms with Crippen LogP contribution in [0.4, 0.5) is 0 Å². The summed E-state index contributed by atoms with van der Waals surface area (Å²) >= 11 is 0. The van der Waals surface area contributed by atoms with E-state index in [9.17, 15) is 0 Å². The molecule has 6 rings (SSSR count). The predicted octanol–water partition coefficient (Wildman–Crippen LogP) is 1.95. The van der Waals surface area contributed by atoms with Gasteiger partial charge in [-0.2, -0.15) is 0 Å². The third-order valence-corrected chi connectivity index (χ3v) is 5.83. The van der Waals surface area contributed by atoms with E-state index in [1.54, 1.807) is 0 Å². The van der Waals surface area contributed by atoms with E-state index in [0.29, 0.717) is 0 Å². The summed E-state index contributed by atoms with van der Waals surface area (Å²) in [6.45, 7) is 5.63. The summed E-state index contributed by atoms with van der Waals surface area (Å²) in [5.74, 6) is 2.16. The van der Waals surface area contributed by atoms with Crippen molar-refractivity contribution in [2.45, 2.75) is 50.6 Å². The molecule has 6 aliphatic rings. The van der Waals surface area contributed by atoms with Gasteiger partial charge in [0.2, 0.25) is 0 Å². The summed E-state index contributed by atoms with van der Waals surface area (Å²) < 4.78 is 0. The highest BCUT2D eigenvalue weighted by molar-refractivity contribution is 4.99. The second-order valence-electron chi connectivity index (χ2n) is 6.56. The summed E-state index contributed by atoms with van der Waals surface area (Å²) in [6, 6.07) is 1.88. The molecule has 6 fully saturated rings. The fraction of sp³-hybridized carbons (Fsp3) is 1.00. The minimum atomic E-state index is 0.940. The molecule has 0 aromatic carbocycles. The Morgan fingerprint density at radius 2 is 0.938 bits per heavy atom. The lowest BCUT2D eigenvalue weighted by atomic mass is 9.74. The first-order chi connectivity index (χ1) is 7.90. The molecule has 0 spiro atoms. The molecule has 6 heterocycles. The Morgan fingerprint density at radius 3 is 1.19 bits per heavy atom. The van der Waals surface area contributed by atoms with Gasteiger partial charge in [0.1, 0.15) is 0 Å². The van der Waals surface area contributed by atoms with Crippen LogP contribution in [0.3, 0.4) is 0 Å². The minimum Gasteiger partial charge on any atom is -0.299 e. The molecule has 2 atom stereocenters. The second kappa shape index (κ2) is 3.71. The first-order valence-electron chi connectivity index (χ1n) is 7.38. The quantitative estimate of drug-likeness (QED) is 0.666. The van der Waals surface area contributed by atoms with Gasteiger partial charge in [-0.15, -0.1) is 0 Å². The summed E-state index contributed by atoms with van der Waals surface area (Å²) in [5.41, 5.74) is 0. The van der Waals surface area contributed by atoms with E-state index in [1.807, 2.05) is 0 Å².